The Kier molecular flexibility index (Phi) is 4.89. The molecule has 0 radical (unpaired) electrons. The third kappa shape index (κ3) is 3.88. The zero-order valence-corrected chi connectivity index (χ0v) is 12.8. The van der Waals surface area contributed by atoms with Gasteiger partial charge >= 0.3 is 6.03 Å². The number of nitrogens with one attached hydrogen (secondary N) is 2. The van der Waals surface area contributed by atoms with Gasteiger partial charge in [-0.3, -0.25) is 0 Å². The van der Waals surface area contributed by atoms with Crippen LogP contribution in [0.25, 0.3) is 11.3 Å². The summed E-state index contributed by atoms with van der Waals surface area (Å²) >= 11 is 0. The maximum absolute atomic E-state index is 12.1. The first-order chi connectivity index (χ1) is 11.3. The normalized spacial score (nSPS) is 20.4. The molecule has 0 bridgehead atoms. The van der Waals surface area contributed by atoms with Gasteiger partial charge in [0.25, 0.3) is 0 Å². The van der Waals surface area contributed by atoms with Gasteiger partial charge in [0.2, 0.25) is 0 Å². The molecule has 1 saturated heterocycles. The number of rotatable bonds is 5. The largest absolute Gasteiger partial charge is 0.444 e. The summed E-state index contributed by atoms with van der Waals surface area (Å²) in [7, 11) is 0. The van der Waals surface area contributed by atoms with Crippen molar-refractivity contribution in [3.8, 4) is 11.3 Å². The van der Waals surface area contributed by atoms with E-state index in [2.05, 4.69) is 15.6 Å². The zero-order valence-electron chi connectivity index (χ0n) is 12.8. The van der Waals surface area contributed by atoms with Crippen LogP contribution in [-0.2, 0) is 9.47 Å². The zero-order chi connectivity index (χ0) is 16.1. The highest BCUT2D eigenvalue weighted by atomic mass is 16.5. The van der Waals surface area contributed by atoms with Crippen molar-refractivity contribution in [3.63, 3.8) is 0 Å². The van der Waals surface area contributed by atoms with Gasteiger partial charge in [-0.05, 0) is 19.1 Å². The molecule has 0 aliphatic carbocycles. The van der Waals surface area contributed by atoms with Gasteiger partial charge < -0.3 is 24.5 Å². The van der Waals surface area contributed by atoms with Crippen molar-refractivity contribution < 1.29 is 18.7 Å². The molecule has 122 valence electrons. The maximum Gasteiger partial charge on any atom is 0.319 e. The first-order valence-electron chi connectivity index (χ1n) is 7.52. The Bertz CT molecular complexity index is 645. The molecule has 1 aromatic carbocycles. The van der Waals surface area contributed by atoms with Crippen molar-refractivity contribution >= 4 is 11.7 Å². The molecule has 2 heterocycles. The molecule has 3 rings (SSSR count). The summed E-state index contributed by atoms with van der Waals surface area (Å²) in [5.74, 6) is 0.648. The van der Waals surface area contributed by atoms with Crippen LogP contribution in [0.3, 0.4) is 0 Å². The van der Waals surface area contributed by atoms with E-state index in [1.54, 1.807) is 6.20 Å². The van der Waals surface area contributed by atoms with Crippen molar-refractivity contribution in [1.82, 2.24) is 10.3 Å². The fraction of sp³-hybridized carbons (Fsp3) is 0.375. The molecular weight excluding hydrogens is 298 g/mol. The number of anilines is 1. The Labute approximate surface area is 134 Å². The summed E-state index contributed by atoms with van der Waals surface area (Å²) in [6, 6.07) is 6.93. The van der Waals surface area contributed by atoms with Crippen LogP contribution >= 0.6 is 0 Å². The van der Waals surface area contributed by atoms with E-state index in [1.807, 2.05) is 31.2 Å². The Balaban J connectivity index is 1.61. The average Bonchev–Trinajstić information content (AvgIpc) is 3.20. The number of hydrogen-bond acceptors (Lipinski definition) is 5. The minimum Gasteiger partial charge on any atom is -0.444 e. The second-order valence-electron chi connectivity index (χ2n) is 5.18. The van der Waals surface area contributed by atoms with Gasteiger partial charge in [-0.1, -0.05) is 12.1 Å². The monoisotopic (exact) mass is 317 g/mol. The molecule has 23 heavy (non-hydrogen) atoms. The van der Waals surface area contributed by atoms with E-state index in [0.717, 1.165) is 5.56 Å². The molecule has 7 heteroatoms. The number of carbonyl (C=O) groups is 1. The minimum atomic E-state index is -0.292. The number of hydrogen-bond donors (Lipinski definition) is 2. The van der Waals surface area contributed by atoms with E-state index < -0.39 is 0 Å². The van der Waals surface area contributed by atoms with Crippen LogP contribution in [0.4, 0.5) is 10.5 Å². The van der Waals surface area contributed by atoms with Crippen LogP contribution in [0.5, 0.6) is 0 Å². The van der Waals surface area contributed by atoms with E-state index in [1.165, 1.54) is 6.39 Å². The molecule has 2 aromatic rings. The Morgan fingerprint density at radius 2 is 2.35 bits per heavy atom. The van der Waals surface area contributed by atoms with E-state index in [4.69, 9.17) is 13.9 Å². The number of oxazole rings is 1. The molecule has 2 N–H and O–H groups in total. The standard InChI is InChI=1S/C16H19N3O4/c1-2-22-15-9-21-8-13(15)19-16(20)18-12-5-3-4-11(6-12)14-7-17-10-23-14/h3-7,10,13,15H,2,8-9H2,1H3,(H2,18,19,20)/t13-,15-/m0/s1. The smallest absolute Gasteiger partial charge is 0.319 e. The molecule has 1 aromatic heterocycles. The van der Waals surface area contributed by atoms with Gasteiger partial charge in [0.15, 0.2) is 12.2 Å². The first kappa shape index (κ1) is 15.5. The quantitative estimate of drug-likeness (QED) is 0.883. The maximum atomic E-state index is 12.1. The third-order valence-corrected chi connectivity index (χ3v) is 3.56. The number of urea groups is 1. The number of amides is 2. The summed E-state index contributed by atoms with van der Waals surface area (Å²) in [5.41, 5.74) is 1.51. The average molecular weight is 317 g/mol. The van der Waals surface area contributed by atoms with Crippen molar-refractivity contribution in [2.45, 2.75) is 19.1 Å². The lowest BCUT2D eigenvalue weighted by Crippen LogP contribution is -2.45. The van der Waals surface area contributed by atoms with Crippen LogP contribution < -0.4 is 10.6 Å². The molecule has 1 aliphatic rings. The van der Waals surface area contributed by atoms with E-state index >= 15 is 0 Å². The lowest BCUT2D eigenvalue weighted by molar-refractivity contribution is 0.0428. The van der Waals surface area contributed by atoms with Crippen LogP contribution in [0, 0.1) is 0 Å². The third-order valence-electron chi connectivity index (χ3n) is 3.56. The Hall–Kier alpha value is -2.38. The van der Waals surface area contributed by atoms with Crippen molar-refractivity contribution in [1.29, 1.82) is 0 Å². The van der Waals surface area contributed by atoms with E-state index in [-0.39, 0.29) is 18.2 Å². The number of nitrogens with zero attached hydrogens (tertiary/aromatic N) is 1. The Morgan fingerprint density at radius 3 is 3.13 bits per heavy atom. The van der Waals surface area contributed by atoms with Crippen molar-refractivity contribution in [2.75, 3.05) is 25.1 Å². The predicted octanol–water partition coefficient (Wildman–Crippen LogP) is 2.27. The fourth-order valence-corrected chi connectivity index (χ4v) is 2.49. The van der Waals surface area contributed by atoms with Gasteiger partial charge in [-0.2, -0.15) is 0 Å². The van der Waals surface area contributed by atoms with Crippen molar-refractivity contribution in [2.24, 2.45) is 0 Å². The topological polar surface area (TPSA) is 85.6 Å². The number of aromatic nitrogens is 1. The van der Waals surface area contributed by atoms with Crippen LogP contribution in [0.2, 0.25) is 0 Å². The highest BCUT2D eigenvalue weighted by molar-refractivity contribution is 5.90. The summed E-state index contributed by atoms with van der Waals surface area (Å²) in [4.78, 5) is 16.0. The molecular formula is C16H19N3O4. The van der Waals surface area contributed by atoms with Crippen LogP contribution in [0.1, 0.15) is 6.92 Å². The van der Waals surface area contributed by atoms with Crippen LogP contribution in [-0.4, -0.2) is 43.0 Å². The summed E-state index contributed by atoms with van der Waals surface area (Å²) in [6.07, 6.45) is 2.89. The molecule has 2 amide bonds. The molecule has 7 nitrogen and oxygen atoms in total. The Morgan fingerprint density at radius 1 is 1.43 bits per heavy atom. The molecule has 0 unspecified atom stereocenters. The molecule has 1 aliphatic heterocycles. The molecule has 2 atom stereocenters. The van der Waals surface area contributed by atoms with Gasteiger partial charge in [-0.15, -0.1) is 0 Å². The molecule has 0 saturated carbocycles. The number of benzene rings is 1. The second-order valence-corrected chi connectivity index (χ2v) is 5.18. The lowest BCUT2D eigenvalue weighted by atomic mass is 10.1. The van der Waals surface area contributed by atoms with E-state index in [0.29, 0.717) is 31.3 Å². The fourth-order valence-electron chi connectivity index (χ4n) is 2.49. The number of carbonyl (C=O) groups excluding carboxylic acids is 1. The summed E-state index contributed by atoms with van der Waals surface area (Å²) < 4.78 is 16.2. The van der Waals surface area contributed by atoms with Crippen LogP contribution in [0.15, 0.2) is 41.3 Å². The lowest BCUT2D eigenvalue weighted by Gasteiger charge is -2.19. The second kappa shape index (κ2) is 7.26. The first-order valence-corrected chi connectivity index (χ1v) is 7.52. The summed E-state index contributed by atoms with van der Waals surface area (Å²) in [6.45, 7) is 3.47. The van der Waals surface area contributed by atoms with Gasteiger partial charge in [-0.25, -0.2) is 9.78 Å². The van der Waals surface area contributed by atoms with Gasteiger partial charge in [0.1, 0.15) is 6.10 Å². The van der Waals surface area contributed by atoms with E-state index in [9.17, 15) is 4.79 Å². The number of ether oxygens (including phenoxy) is 2. The highest BCUT2D eigenvalue weighted by Crippen LogP contribution is 2.22. The van der Waals surface area contributed by atoms with Gasteiger partial charge in [0.05, 0.1) is 25.5 Å². The van der Waals surface area contributed by atoms with Crippen molar-refractivity contribution in [3.05, 3.63) is 36.9 Å². The molecule has 0 spiro atoms. The minimum absolute atomic E-state index is 0.105. The highest BCUT2D eigenvalue weighted by Gasteiger charge is 2.30. The molecule has 1 fully saturated rings. The summed E-state index contributed by atoms with van der Waals surface area (Å²) in [5, 5.41) is 5.69. The van der Waals surface area contributed by atoms with Gasteiger partial charge in [0, 0.05) is 17.9 Å². The predicted molar refractivity (Wildman–Crippen MR) is 84.1 cm³/mol. The SMILES string of the molecule is CCO[C@H]1COC[C@@H]1NC(=O)Nc1cccc(-c2cnco2)c1.